The number of hydrogen-bond donors (Lipinski definition) is 1. The summed E-state index contributed by atoms with van der Waals surface area (Å²) in [6, 6.07) is 3.18. The van der Waals surface area contributed by atoms with E-state index in [4.69, 9.17) is 5.73 Å². The van der Waals surface area contributed by atoms with E-state index < -0.39 is 11.6 Å². The van der Waals surface area contributed by atoms with Crippen LogP contribution in [0, 0.1) is 11.6 Å². The van der Waals surface area contributed by atoms with Crippen LogP contribution in [-0.4, -0.2) is 30.9 Å². The van der Waals surface area contributed by atoms with Crippen molar-refractivity contribution in [3.05, 3.63) is 35.4 Å². The number of rotatable bonds is 4. The summed E-state index contributed by atoms with van der Waals surface area (Å²) < 4.78 is 25.8. The van der Waals surface area contributed by atoms with Crippen LogP contribution in [0.2, 0.25) is 0 Å². The first kappa shape index (κ1) is 12.6. The Hall–Kier alpha value is -1.49. The molecule has 0 radical (unpaired) electrons. The average Bonchev–Trinajstić information content (AvgIpc) is 2.22. The Morgan fingerprint density at radius 3 is 2.69 bits per heavy atom. The first-order valence-electron chi connectivity index (χ1n) is 4.92. The molecule has 3 nitrogen and oxygen atoms in total. The van der Waals surface area contributed by atoms with Crippen molar-refractivity contribution in [2.24, 2.45) is 5.73 Å². The minimum absolute atomic E-state index is 0.0807. The lowest BCUT2D eigenvalue weighted by Gasteiger charge is -2.15. The fraction of sp³-hybridized carbons (Fsp3) is 0.364. The van der Waals surface area contributed by atoms with E-state index in [0.717, 1.165) is 12.1 Å². The van der Waals surface area contributed by atoms with Crippen molar-refractivity contribution >= 4 is 5.91 Å². The Kier molecular flexibility index (Phi) is 4.37. The summed E-state index contributed by atoms with van der Waals surface area (Å²) in [4.78, 5) is 13.0. The minimum atomic E-state index is -0.700. The second kappa shape index (κ2) is 5.55. The van der Waals surface area contributed by atoms with Crippen LogP contribution < -0.4 is 5.73 Å². The van der Waals surface area contributed by atoms with Crippen LogP contribution in [0.1, 0.15) is 5.56 Å². The minimum Gasteiger partial charge on any atom is -0.344 e. The zero-order chi connectivity index (χ0) is 12.1. The lowest BCUT2D eigenvalue weighted by Crippen LogP contribution is -2.32. The van der Waals surface area contributed by atoms with Crippen LogP contribution in [0.15, 0.2) is 18.2 Å². The molecule has 88 valence electrons. The second-order valence-electron chi connectivity index (χ2n) is 3.52. The summed E-state index contributed by atoms with van der Waals surface area (Å²) in [6.45, 7) is 0.774. The van der Waals surface area contributed by atoms with Crippen molar-refractivity contribution in [1.29, 1.82) is 0 Å². The molecule has 0 saturated heterocycles. The van der Waals surface area contributed by atoms with Gasteiger partial charge in [0.25, 0.3) is 0 Å². The molecule has 0 atom stereocenters. The highest BCUT2D eigenvalue weighted by atomic mass is 19.1. The van der Waals surface area contributed by atoms with Crippen molar-refractivity contribution < 1.29 is 13.6 Å². The molecule has 16 heavy (non-hydrogen) atoms. The summed E-state index contributed by atoms with van der Waals surface area (Å²) in [5.41, 5.74) is 5.48. The highest BCUT2D eigenvalue weighted by Gasteiger charge is 2.12. The topological polar surface area (TPSA) is 46.3 Å². The second-order valence-corrected chi connectivity index (χ2v) is 3.52. The molecule has 0 bridgehead atoms. The quantitative estimate of drug-likeness (QED) is 0.833. The van der Waals surface area contributed by atoms with E-state index in [9.17, 15) is 13.6 Å². The molecule has 0 heterocycles. The maximum Gasteiger partial charge on any atom is 0.226 e. The van der Waals surface area contributed by atoms with Gasteiger partial charge in [-0.3, -0.25) is 4.79 Å². The molecule has 1 amide bonds. The smallest absolute Gasteiger partial charge is 0.226 e. The van der Waals surface area contributed by atoms with Crippen molar-refractivity contribution in [1.82, 2.24) is 4.90 Å². The molecule has 0 saturated carbocycles. The van der Waals surface area contributed by atoms with E-state index >= 15 is 0 Å². The van der Waals surface area contributed by atoms with Gasteiger partial charge < -0.3 is 10.6 Å². The van der Waals surface area contributed by atoms with Crippen LogP contribution in [0.25, 0.3) is 0 Å². The molecule has 1 aromatic rings. The van der Waals surface area contributed by atoms with Gasteiger partial charge in [0, 0.05) is 26.2 Å². The van der Waals surface area contributed by atoms with Crippen molar-refractivity contribution in [3.8, 4) is 0 Å². The third-order valence-corrected chi connectivity index (χ3v) is 2.25. The number of benzene rings is 1. The van der Waals surface area contributed by atoms with Gasteiger partial charge in [0.15, 0.2) is 0 Å². The van der Waals surface area contributed by atoms with Gasteiger partial charge in [0.05, 0.1) is 6.42 Å². The molecule has 0 aliphatic rings. The molecule has 5 heteroatoms. The zero-order valence-electron chi connectivity index (χ0n) is 9.04. The molecule has 0 aliphatic carbocycles. The monoisotopic (exact) mass is 228 g/mol. The molecular weight excluding hydrogens is 214 g/mol. The molecule has 0 aliphatic heterocycles. The number of nitrogens with zero attached hydrogens (tertiary/aromatic N) is 1. The number of hydrogen-bond acceptors (Lipinski definition) is 2. The number of nitrogens with two attached hydrogens (primary N) is 1. The molecule has 0 aromatic heterocycles. The van der Waals surface area contributed by atoms with Crippen LogP contribution in [0.4, 0.5) is 8.78 Å². The Morgan fingerprint density at radius 2 is 2.12 bits per heavy atom. The number of carbonyl (C=O) groups is 1. The molecule has 0 fully saturated rings. The van der Waals surface area contributed by atoms with Gasteiger partial charge in [0.1, 0.15) is 11.6 Å². The van der Waals surface area contributed by atoms with Crippen molar-refractivity contribution in [3.63, 3.8) is 0 Å². The van der Waals surface area contributed by atoms with Crippen molar-refractivity contribution in [2.45, 2.75) is 6.42 Å². The molecule has 1 rings (SSSR count). The Morgan fingerprint density at radius 1 is 1.44 bits per heavy atom. The predicted molar refractivity (Wildman–Crippen MR) is 56.8 cm³/mol. The highest BCUT2D eigenvalue weighted by molar-refractivity contribution is 5.78. The summed E-state index contributed by atoms with van der Waals surface area (Å²) in [5.74, 6) is -1.59. The number of likely N-dealkylation sites (N-methyl/N-ethyl adjacent to an activating group) is 1. The van der Waals surface area contributed by atoms with Gasteiger partial charge >= 0.3 is 0 Å². The van der Waals surface area contributed by atoms with E-state index in [1.807, 2.05) is 0 Å². The Labute approximate surface area is 92.8 Å². The molecule has 2 N–H and O–H groups in total. The van der Waals surface area contributed by atoms with Crippen molar-refractivity contribution in [2.75, 3.05) is 20.1 Å². The fourth-order valence-electron chi connectivity index (χ4n) is 1.28. The zero-order valence-corrected chi connectivity index (χ0v) is 9.04. The SMILES string of the molecule is CN(CCN)C(=O)Cc1ccc(F)cc1F. The maximum atomic E-state index is 13.2. The fourth-order valence-corrected chi connectivity index (χ4v) is 1.28. The molecule has 1 aromatic carbocycles. The van der Waals surface area contributed by atoms with Crippen LogP contribution in [0.3, 0.4) is 0 Å². The van der Waals surface area contributed by atoms with Gasteiger partial charge in [0.2, 0.25) is 5.91 Å². The molecule has 0 unspecified atom stereocenters. The van der Waals surface area contributed by atoms with Crippen LogP contribution in [-0.2, 0) is 11.2 Å². The first-order valence-corrected chi connectivity index (χ1v) is 4.92. The highest BCUT2D eigenvalue weighted by Crippen LogP contribution is 2.10. The number of carbonyl (C=O) groups excluding carboxylic acids is 1. The van der Waals surface area contributed by atoms with Gasteiger partial charge in [-0.15, -0.1) is 0 Å². The largest absolute Gasteiger partial charge is 0.344 e. The summed E-state index contributed by atoms with van der Waals surface area (Å²) in [6.07, 6.45) is -0.0807. The summed E-state index contributed by atoms with van der Waals surface area (Å²) in [5, 5.41) is 0. The third-order valence-electron chi connectivity index (χ3n) is 2.25. The van der Waals surface area contributed by atoms with Gasteiger partial charge in [-0.1, -0.05) is 6.07 Å². The Bertz CT molecular complexity index is 382. The first-order chi connectivity index (χ1) is 7.54. The van der Waals surface area contributed by atoms with E-state index in [1.54, 1.807) is 7.05 Å². The average molecular weight is 228 g/mol. The maximum absolute atomic E-state index is 13.2. The van der Waals surface area contributed by atoms with E-state index in [1.165, 1.54) is 11.0 Å². The number of amides is 1. The van der Waals surface area contributed by atoms with Gasteiger partial charge in [-0.05, 0) is 11.6 Å². The normalized spacial score (nSPS) is 10.2. The van der Waals surface area contributed by atoms with Crippen LogP contribution in [0.5, 0.6) is 0 Å². The summed E-state index contributed by atoms with van der Waals surface area (Å²) in [7, 11) is 1.59. The van der Waals surface area contributed by atoms with Gasteiger partial charge in [-0.25, -0.2) is 8.78 Å². The predicted octanol–water partition coefficient (Wildman–Crippen LogP) is 0.924. The summed E-state index contributed by atoms with van der Waals surface area (Å²) >= 11 is 0. The number of halogens is 2. The van der Waals surface area contributed by atoms with Gasteiger partial charge in [-0.2, -0.15) is 0 Å². The van der Waals surface area contributed by atoms with E-state index in [0.29, 0.717) is 13.1 Å². The van der Waals surface area contributed by atoms with E-state index in [-0.39, 0.29) is 17.9 Å². The standard InChI is InChI=1S/C11H14F2N2O/c1-15(5-4-14)11(16)6-8-2-3-9(12)7-10(8)13/h2-3,7H,4-6,14H2,1H3. The molecule has 0 spiro atoms. The molecular formula is C11H14F2N2O. The van der Waals surface area contributed by atoms with Crippen LogP contribution >= 0.6 is 0 Å². The lowest BCUT2D eigenvalue weighted by molar-refractivity contribution is -0.129. The van der Waals surface area contributed by atoms with E-state index in [2.05, 4.69) is 0 Å². The third kappa shape index (κ3) is 3.27. The Balaban J connectivity index is 2.69. The lowest BCUT2D eigenvalue weighted by atomic mass is 10.1.